The summed E-state index contributed by atoms with van der Waals surface area (Å²) in [6.45, 7) is 2.43. The predicted octanol–water partition coefficient (Wildman–Crippen LogP) is 2.75. The molecule has 19 heavy (non-hydrogen) atoms. The molecule has 0 N–H and O–H groups in total. The Kier molecular flexibility index (Phi) is 3.56. The summed E-state index contributed by atoms with van der Waals surface area (Å²) < 4.78 is 5.93. The number of hydrogen-bond acceptors (Lipinski definition) is 2. The Hall–Kier alpha value is -1.35. The van der Waals surface area contributed by atoms with Crippen LogP contribution in [-0.2, 0) is 16.1 Å². The van der Waals surface area contributed by atoms with Crippen LogP contribution in [-0.4, -0.2) is 29.6 Å². The normalized spacial score (nSPS) is 27.8. The first-order valence-electron chi connectivity index (χ1n) is 7.23. The first-order chi connectivity index (χ1) is 9.27. The Morgan fingerprint density at radius 2 is 2.00 bits per heavy atom. The van der Waals surface area contributed by atoms with Crippen molar-refractivity contribution in [1.82, 2.24) is 4.90 Å². The zero-order valence-electron chi connectivity index (χ0n) is 11.3. The SMILES string of the molecule is O=C1CC[C@@]2(CCCO2)CCN1Cc1ccccc1. The number of amides is 1. The number of carbonyl (C=O) groups excluding carboxylic acids is 1. The minimum absolute atomic E-state index is 0.00109. The predicted molar refractivity (Wildman–Crippen MR) is 73.6 cm³/mol. The number of ether oxygens (including phenoxy) is 1. The molecule has 0 unspecified atom stereocenters. The molecule has 102 valence electrons. The van der Waals surface area contributed by atoms with E-state index < -0.39 is 0 Å². The highest BCUT2D eigenvalue weighted by molar-refractivity contribution is 5.76. The summed E-state index contributed by atoms with van der Waals surface area (Å²) in [6.07, 6.45) is 4.79. The number of rotatable bonds is 2. The Morgan fingerprint density at radius 3 is 2.74 bits per heavy atom. The van der Waals surface area contributed by atoms with E-state index in [1.807, 2.05) is 23.1 Å². The monoisotopic (exact) mass is 259 g/mol. The van der Waals surface area contributed by atoms with Crippen molar-refractivity contribution < 1.29 is 9.53 Å². The second kappa shape index (κ2) is 5.33. The van der Waals surface area contributed by atoms with Crippen LogP contribution in [0.5, 0.6) is 0 Å². The van der Waals surface area contributed by atoms with Gasteiger partial charge >= 0.3 is 0 Å². The van der Waals surface area contributed by atoms with E-state index in [1.54, 1.807) is 0 Å². The van der Waals surface area contributed by atoms with Crippen molar-refractivity contribution in [3.8, 4) is 0 Å². The van der Waals surface area contributed by atoms with Crippen molar-refractivity contribution in [2.45, 2.75) is 44.2 Å². The third-order valence-electron chi connectivity index (χ3n) is 4.39. The van der Waals surface area contributed by atoms with Crippen LogP contribution < -0.4 is 0 Å². The van der Waals surface area contributed by atoms with Crippen molar-refractivity contribution >= 4 is 5.91 Å². The average molecular weight is 259 g/mol. The molecule has 1 amide bonds. The van der Waals surface area contributed by atoms with E-state index in [0.29, 0.717) is 6.42 Å². The average Bonchev–Trinajstić information content (AvgIpc) is 2.85. The summed E-state index contributed by atoms with van der Waals surface area (Å²) in [5.41, 5.74) is 1.21. The molecule has 0 saturated carbocycles. The molecular formula is C16H21NO2. The van der Waals surface area contributed by atoms with E-state index >= 15 is 0 Å². The molecule has 2 aliphatic rings. The van der Waals surface area contributed by atoms with Gasteiger partial charge in [0.25, 0.3) is 0 Å². The fourth-order valence-corrected chi connectivity index (χ4v) is 3.20. The summed E-state index contributed by atoms with van der Waals surface area (Å²) >= 11 is 0. The Morgan fingerprint density at radius 1 is 1.16 bits per heavy atom. The maximum absolute atomic E-state index is 12.2. The lowest BCUT2D eigenvalue weighted by Crippen LogP contribution is -2.32. The van der Waals surface area contributed by atoms with Crippen molar-refractivity contribution in [2.24, 2.45) is 0 Å². The Labute approximate surface area is 114 Å². The first-order valence-corrected chi connectivity index (χ1v) is 7.23. The number of nitrogens with zero attached hydrogens (tertiary/aromatic N) is 1. The van der Waals surface area contributed by atoms with E-state index in [0.717, 1.165) is 45.4 Å². The Bertz CT molecular complexity index is 437. The molecule has 0 bridgehead atoms. The van der Waals surface area contributed by atoms with E-state index in [9.17, 15) is 4.79 Å². The van der Waals surface area contributed by atoms with Gasteiger partial charge in [0.2, 0.25) is 5.91 Å². The lowest BCUT2D eigenvalue weighted by Gasteiger charge is -2.26. The van der Waals surface area contributed by atoms with Gasteiger partial charge in [-0.25, -0.2) is 0 Å². The number of benzene rings is 1. The molecule has 0 aliphatic carbocycles. The number of carbonyl (C=O) groups is 1. The first kappa shape index (κ1) is 12.7. The van der Waals surface area contributed by atoms with Gasteiger partial charge in [0.15, 0.2) is 0 Å². The van der Waals surface area contributed by atoms with Crippen molar-refractivity contribution in [1.29, 1.82) is 0 Å². The maximum atomic E-state index is 12.2. The minimum Gasteiger partial charge on any atom is -0.375 e. The van der Waals surface area contributed by atoms with Crippen molar-refractivity contribution in [3.63, 3.8) is 0 Å². The molecule has 1 aromatic carbocycles. The molecular weight excluding hydrogens is 238 g/mol. The summed E-state index contributed by atoms with van der Waals surface area (Å²) in [7, 11) is 0. The highest BCUT2D eigenvalue weighted by Crippen LogP contribution is 2.36. The zero-order valence-corrected chi connectivity index (χ0v) is 11.3. The van der Waals surface area contributed by atoms with Crippen LogP contribution in [0.2, 0.25) is 0 Å². The van der Waals surface area contributed by atoms with Gasteiger partial charge < -0.3 is 9.64 Å². The van der Waals surface area contributed by atoms with Crippen LogP contribution >= 0.6 is 0 Å². The summed E-state index contributed by atoms with van der Waals surface area (Å²) in [5, 5.41) is 0. The largest absolute Gasteiger partial charge is 0.375 e. The molecule has 2 aliphatic heterocycles. The highest BCUT2D eigenvalue weighted by atomic mass is 16.5. The molecule has 2 fully saturated rings. The van der Waals surface area contributed by atoms with Crippen LogP contribution in [0.1, 0.15) is 37.7 Å². The minimum atomic E-state index is 0.00109. The van der Waals surface area contributed by atoms with E-state index in [4.69, 9.17) is 4.74 Å². The fourth-order valence-electron chi connectivity index (χ4n) is 3.20. The molecule has 2 heterocycles. The van der Waals surface area contributed by atoms with Gasteiger partial charge in [-0.05, 0) is 31.2 Å². The topological polar surface area (TPSA) is 29.5 Å². The third kappa shape index (κ3) is 2.81. The molecule has 1 spiro atoms. The number of hydrogen-bond donors (Lipinski definition) is 0. The van der Waals surface area contributed by atoms with E-state index in [2.05, 4.69) is 12.1 Å². The van der Waals surface area contributed by atoms with Gasteiger partial charge in [-0.1, -0.05) is 30.3 Å². The molecule has 3 rings (SSSR count). The lowest BCUT2D eigenvalue weighted by molar-refractivity contribution is -0.131. The molecule has 3 heteroatoms. The smallest absolute Gasteiger partial charge is 0.222 e. The molecule has 1 atom stereocenters. The van der Waals surface area contributed by atoms with Crippen LogP contribution in [0.15, 0.2) is 30.3 Å². The van der Waals surface area contributed by atoms with Crippen molar-refractivity contribution in [2.75, 3.05) is 13.2 Å². The summed E-state index contributed by atoms with van der Waals surface area (Å²) in [4.78, 5) is 14.2. The highest BCUT2D eigenvalue weighted by Gasteiger charge is 2.38. The van der Waals surface area contributed by atoms with Crippen LogP contribution in [0.25, 0.3) is 0 Å². The van der Waals surface area contributed by atoms with Gasteiger partial charge in [0.1, 0.15) is 0 Å². The standard InChI is InChI=1S/C16H21NO2/c18-15-7-9-16(8-4-12-19-16)10-11-17(15)13-14-5-2-1-3-6-14/h1-3,5-6H,4,7-13H2/t16-/m0/s1. The second-order valence-corrected chi connectivity index (χ2v) is 5.69. The van der Waals surface area contributed by atoms with Crippen LogP contribution in [0.4, 0.5) is 0 Å². The molecule has 1 aromatic rings. The maximum Gasteiger partial charge on any atom is 0.222 e. The van der Waals surface area contributed by atoms with E-state index in [-0.39, 0.29) is 11.5 Å². The number of likely N-dealkylation sites (tertiary alicyclic amines) is 1. The van der Waals surface area contributed by atoms with Gasteiger partial charge in [0.05, 0.1) is 5.60 Å². The van der Waals surface area contributed by atoms with Gasteiger partial charge in [-0.2, -0.15) is 0 Å². The molecule has 0 radical (unpaired) electrons. The third-order valence-corrected chi connectivity index (χ3v) is 4.39. The van der Waals surface area contributed by atoms with Crippen LogP contribution in [0, 0.1) is 0 Å². The molecule has 2 saturated heterocycles. The van der Waals surface area contributed by atoms with Crippen molar-refractivity contribution in [3.05, 3.63) is 35.9 Å². The van der Waals surface area contributed by atoms with Gasteiger partial charge in [-0.3, -0.25) is 4.79 Å². The molecule has 0 aromatic heterocycles. The van der Waals surface area contributed by atoms with Gasteiger partial charge in [0, 0.05) is 26.1 Å². The summed E-state index contributed by atoms with van der Waals surface area (Å²) in [6, 6.07) is 10.2. The second-order valence-electron chi connectivity index (χ2n) is 5.69. The van der Waals surface area contributed by atoms with Gasteiger partial charge in [-0.15, -0.1) is 0 Å². The lowest BCUT2D eigenvalue weighted by atomic mass is 9.92. The summed E-state index contributed by atoms with van der Waals surface area (Å²) in [5.74, 6) is 0.274. The van der Waals surface area contributed by atoms with E-state index in [1.165, 1.54) is 5.56 Å². The van der Waals surface area contributed by atoms with Crippen LogP contribution in [0.3, 0.4) is 0 Å². The molecule has 3 nitrogen and oxygen atoms in total. The Balaban J connectivity index is 1.67. The quantitative estimate of drug-likeness (QED) is 0.817. The zero-order chi connectivity index (χ0) is 13.1. The fraction of sp³-hybridized carbons (Fsp3) is 0.562.